The molecule has 3 amide bonds. The van der Waals surface area contributed by atoms with Gasteiger partial charge < -0.3 is 20.4 Å². The molecule has 3 aromatic rings. The van der Waals surface area contributed by atoms with E-state index in [4.69, 9.17) is 39.2 Å². The lowest BCUT2D eigenvalue weighted by molar-refractivity contribution is -0.136. The summed E-state index contributed by atoms with van der Waals surface area (Å²) in [5.74, 6) is -1.87. The number of nitriles is 1. The third-order valence-corrected chi connectivity index (χ3v) is 5.14. The molecule has 11 heteroatoms. The third-order valence-electron chi connectivity index (χ3n) is 4.45. The van der Waals surface area contributed by atoms with E-state index in [1.807, 2.05) is 6.07 Å². The van der Waals surface area contributed by atoms with Crippen LogP contribution in [0.1, 0.15) is 17.1 Å². The fourth-order valence-corrected chi connectivity index (χ4v) is 3.45. The van der Waals surface area contributed by atoms with E-state index >= 15 is 0 Å². The summed E-state index contributed by atoms with van der Waals surface area (Å²) in [4.78, 5) is 36.5. The topological polar surface area (TPSA) is 124 Å². The first kappa shape index (κ1) is 25.8. The first-order chi connectivity index (χ1) is 16.7. The number of hydrogen-bond donors (Lipinski definition) is 3. The van der Waals surface area contributed by atoms with Crippen molar-refractivity contribution in [3.8, 4) is 6.07 Å². The second kappa shape index (κ2) is 12.1. The monoisotopic (exact) mass is 530 g/mol. The van der Waals surface area contributed by atoms with Gasteiger partial charge in [0.05, 0.1) is 6.54 Å². The number of anilines is 1. The molecule has 3 rings (SSSR count). The van der Waals surface area contributed by atoms with E-state index in [9.17, 15) is 19.6 Å². The maximum atomic E-state index is 12.3. The van der Waals surface area contributed by atoms with E-state index in [1.54, 1.807) is 30.3 Å². The average Bonchev–Trinajstić information content (AvgIpc) is 3.27. The molecular formula is C24H17Cl3N4O4. The minimum atomic E-state index is -0.917. The summed E-state index contributed by atoms with van der Waals surface area (Å²) in [6, 6.07) is 16.2. The van der Waals surface area contributed by atoms with Crippen molar-refractivity contribution in [1.29, 1.82) is 5.26 Å². The molecular weight excluding hydrogens is 515 g/mol. The fraction of sp³-hybridized carbons (Fsp3) is 0.0833. The summed E-state index contributed by atoms with van der Waals surface area (Å²) >= 11 is 17.6. The Morgan fingerprint density at radius 2 is 1.49 bits per heavy atom. The second-order valence-corrected chi connectivity index (χ2v) is 8.39. The molecule has 0 saturated carbocycles. The van der Waals surface area contributed by atoms with Gasteiger partial charge in [-0.05, 0) is 48.0 Å². The summed E-state index contributed by atoms with van der Waals surface area (Å²) in [5, 5.41) is 18.0. The minimum absolute atomic E-state index is 0.0962. The van der Waals surface area contributed by atoms with Crippen LogP contribution in [0, 0.1) is 11.3 Å². The molecule has 8 nitrogen and oxygen atoms in total. The highest BCUT2D eigenvalue weighted by molar-refractivity contribution is 6.40. The van der Waals surface area contributed by atoms with Gasteiger partial charge in [0.2, 0.25) is 0 Å². The van der Waals surface area contributed by atoms with Crippen LogP contribution in [-0.2, 0) is 27.5 Å². The molecule has 0 atom stereocenters. The Labute approximate surface area is 215 Å². The first-order valence-corrected chi connectivity index (χ1v) is 11.2. The minimum Gasteiger partial charge on any atom is -0.460 e. The Morgan fingerprint density at radius 3 is 2.14 bits per heavy atom. The van der Waals surface area contributed by atoms with Gasteiger partial charge in [-0.25, -0.2) is 0 Å². The van der Waals surface area contributed by atoms with Crippen LogP contribution in [0.2, 0.25) is 15.1 Å². The average molecular weight is 532 g/mol. The van der Waals surface area contributed by atoms with Crippen molar-refractivity contribution in [3.05, 3.63) is 92.3 Å². The molecule has 0 radical (unpaired) electrons. The number of halogens is 3. The van der Waals surface area contributed by atoms with Gasteiger partial charge in [0, 0.05) is 33.4 Å². The third kappa shape index (κ3) is 7.90. The van der Waals surface area contributed by atoms with Crippen LogP contribution in [0.5, 0.6) is 0 Å². The summed E-state index contributed by atoms with van der Waals surface area (Å²) < 4.78 is 5.52. The van der Waals surface area contributed by atoms with Gasteiger partial charge in [0.15, 0.2) is 0 Å². The quantitative estimate of drug-likeness (QED) is 0.231. The van der Waals surface area contributed by atoms with Crippen molar-refractivity contribution >= 4 is 64.3 Å². The molecule has 0 unspecified atom stereocenters. The molecule has 3 N–H and O–H groups in total. The van der Waals surface area contributed by atoms with Gasteiger partial charge in [-0.2, -0.15) is 5.26 Å². The van der Waals surface area contributed by atoms with E-state index in [-0.39, 0.29) is 30.1 Å². The molecule has 0 aliphatic rings. The molecule has 178 valence electrons. The van der Waals surface area contributed by atoms with Crippen LogP contribution in [-0.4, -0.2) is 17.7 Å². The van der Waals surface area contributed by atoms with E-state index in [2.05, 4.69) is 16.0 Å². The summed E-state index contributed by atoms with van der Waals surface area (Å²) in [6.07, 6.45) is 1.28. The lowest BCUT2D eigenvalue weighted by Crippen LogP contribution is -2.34. The number of carbonyl (C=O) groups excluding carboxylic acids is 3. The highest BCUT2D eigenvalue weighted by Crippen LogP contribution is 2.22. The number of nitrogens with zero attached hydrogens (tertiary/aromatic N) is 1. The number of hydrogen-bond acceptors (Lipinski definition) is 5. The van der Waals surface area contributed by atoms with Crippen molar-refractivity contribution in [2.75, 3.05) is 5.32 Å². The van der Waals surface area contributed by atoms with Crippen molar-refractivity contribution in [2.45, 2.75) is 13.1 Å². The van der Waals surface area contributed by atoms with Gasteiger partial charge in [-0.15, -0.1) is 0 Å². The Bertz CT molecular complexity index is 1310. The SMILES string of the molecule is N#C/C(=C/c1ccc(CNC(=O)C(=O)Nc2cc(Cl)cc(Cl)c2)o1)C(=O)NCc1ccc(Cl)cc1. The zero-order valence-corrected chi connectivity index (χ0v) is 20.2. The maximum Gasteiger partial charge on any atom is 0.313 e. The molecule has 35 heavy (non-hydrogen) atoms. The van der Waals surface area contributed by atoms with E-state index in [0.29, 0.717) is 20.8 Å². The smallest absolute Gasteiger partial charge is 0.313 e. The zero-order valence-electron chi connectivity index (χ0n) is 17.9. The highest BCUT2D eigenvalue weighted by atomic mass is 35.5. The van der Waals surface area contributed by atoms with Gasteiger partial charge in [0.1, 0.15) is 23.2 Å². The number of rotatable bonds is 7. The van der Waals surface area contributed by atoms with E-state index in [1.165, 1.54) is 30.3 Å². The Hall–Kier alpha value is -3.77. The van der Waals surface area contributed by atoms with E-state index < -0.39 is 17.7 Å². The lowest BCUT2D eigenvalue weighted by atomic mass is 10.2. The number of carbonyl (C=O) groups is 3. The molecule has 1 heterocycles. The van der Waals surface area contributed by atoms with Crippen LogP contribution in [0.25, 0.3) is 6.08 Å². The predicted octanol–water partition coefficient (Wildman–Crippen LogP) is 4.72. The highest BCUT2D eigenvalue weighted by Gasteiger charge is 2.15. The largest absolute Gasteiger partial charge is 0.460 e. The number of furan rings is 1. The first-order valence-electron chi connectivity index (χ1n) is 10.0. The molecule has 0 spiro atoms. The molecule has 0 aliphatic carbocycles. The Kier molecular flexibility index (Phi) is 8.92. The van der Waals surface area contributed by atoms with Crippen molar-refractivity contribution in [2.24, 2.45) is 0 Å². The second-order valence-electron chi connectivity index (χ2n) is 7.08. The van der Waals surface area contributed by atoms with Crippen LogP contribution in [0.3, 0.4) is 0 Å². The standard InChI is InChI=1S/C24H17Cl3N4O4/c25-16-3-1-14(2-4-16)12-29-22(32)15(11-28)7-20-5-6-21(35-20)13-30-23(33)24(34)31-19-9-17(26)8-18(27)10-19/h1-10H,12-13H2,(H,29,32)(H,30,33)(H,31,34)/b15-7-. The summed E-state index contributed by atoms with van der Waals surface area (Å²) in [6.45, 7) is 0.120. The fourth-order valence-electron chi connectivity index (χ4n) is 2.80. The van der Waals surface area contributed by atoms with Gasteiger partial charge in [0.25, 0.3) is 5.91 Å². The Balaban J connectivity index is 1.53. The Morgan fingerprint density at radius 1 is 0.829 bits per heavy atom. The van der Waals surface area contributed by atoms with Crippen LogP contribution >= 0.6 is 34.8 Å². The molecule has 0 saturated heterocycles. The van der Waals surface area contributed by atoms with Crippen molar-refractivity contribution in [1.82, 2.24) is 10.6 Å². The number of amides is 3. The van der Waals surface area contributed by atoms with Gasteiger partial charge >= 0.3 is 11.8 Å². The summed E-state index contributed by atoms with van der Waals surface area (Å²) in [5.41, 5.74) is 0.925. The van der Waals surface area contributed by atoms with Crippen molar-refractivity contribution < 1.29 is 18.8 Å². The zero-order chi connectivity index (χ0) is 25.4. The number of nitrogens with one attached hydrogen (secondary N) is 3. The van der Waals surface area contributed by atoms with Crippen LogP contribution < -0.4 is 16.0 Å². The van der Waals surface area contributed by atoms with Crippen LogP contribution in [0.15, 0.2) is 64.6 Å². The number of benzene rings is 2. The van der Waals surface area contributed by atoms with Crippen molar-refractivity contribution in [3.63, 3.8) is 0 Å². The van der Waals surface area contributed by atoms with Gasteiger partial charge in [-0.3, -0.25) is 14.4 Å². The van der Waals surface area contributed by atoms with Gasteiger partial charge in [-0.1, -0.05) is 46.9 Å². The lowest BCUT2D eigenvalue weighted by Gasteiger charge is -2.06. The molecule has 0 fully saturated rings. The molecule has 0 bridgehead atoms. The van der Waals surface area contributed by atoms with E-state index in [0.717, 1.165) is 5.56 Å². The molecule has 2 aromatic carbocycles. The summed E-state index contributed by atoms with van der Waals surface area (Å²) in [7, 11) is 0. The maximum absolute atomic E-state index is 12.3. The molecule has 1 aromatic heterocycles. The van der Waals surface area contributed by atoms with Crippen LogP contribution in [0.4, 0.5) is 5.69 Å². The normalized spacial score (nSPS) is 10.9. The predicted molar refractivity (Wildman–Crippen MR) is 133 cm³/mol. The molecule has 0 aliphatic heterocycles.